The number of carbonyl (C=O) groups is 3. The molecule has 1 fully saturated rings. The third-order valence-electron chi connectivity index (χ3n) is 4.84. The molecule has 1 heterocycles. The maximum atomic E-state index is 12.6. The molecule has 0 aromatic heterocycles. The van der Waals surface area contributed by atoms with Gasteiger partial charge in [0.2, 0.25) is 5.91 Å². The van der Waals surface area contributed by atoms with E-state index in [1.807, 2.05) is 25.1 Å². The first-order chi connectivity index (χ1) is 14.3. The Morgan fingerprint density at radius 1 is 1.13 bits per heavy atom. The number of hydrogen-bond donors (Lipinski definition) is 3. The number of carboxylic acids is 2. The molecule has 1 aromatic carbocycles. The van der Waals surface area contributed by atoms with E-state index in [0.717, 1.165) is 55.9 Å². The van der Waals surface area contributed by atoms with Gasteiger partial charge in [-0.1, -0.05) is 23.7 Å². The smallest absolute Gasteiger partial charge is 0.300 e. The molecule has 0 spiro atoms. The van der Waals surface area contributed by atoms with Gasteiger partial charge in [0.05, 0.1) is 5.92 Å². The van der Waals surface area contributed by atoms with Crippen LogP contribution in [0.3, 0.4) is 0 Å². The molecule has 2 rings (SSSR count). The number of halogens is 1. The number of hydrogen-bond acceptors (Lipinski definition) is 5. The van der Waals surface area contributed by atoms with Crippen molar-refractivity contribution in [2.75, 3.05) is 34.2 Å². The van der Waals surface area contributed by atoms with Gasteiger partial charge in [0, 0.05) is 44.5 Å². The highest BCUT2D eigenvalue weighted by molar-refractivity contribution is 6.31. The molecule has 9 heteroatoms. The molecule has 0 saturated carbocycles. The molecule has 1 saturated heterocycles. The largest absolute Gasteiger partial charge is 0.481 e. The number of carbonyl (C=O) groups excluding carboxylic acids is 1. The van der Waals surface area contributed by atoms with Crippen molar-refractivity contribution < 1.29 is 24.6 Å². The summed E-state index contributed by atoms with van der Waals surface area (Å²) in [6.07, 6.45) is 2.00. The second-order valence-corrected chi connectivity index (χ2v) is 8.30. The summed E-state index contributed by atoms with van der Waals surface area (Å²) in [5, 5.41) is 18.7. The number of nitrogens with one attached hydrogen (secondary N) is 1. The highest BCUT2D eigenvalue weighted by Gasteiger charge is 2.27. The van der Waals surface area contributed by atoms with Crippen molar-refractivity contribution in [3.63, 3.8) is 0 Å². The lowest BCUT2D eigenvalue weighted by Crippen LogP contribution is -2.39. The van der Waals surface area contributed by atoms with Crippen LogP contribution in [0.1, 0.15) is 37.8 Å². The van der Waals surface area contributed by atoms with Gasteiger partial charge in [-0.05, 0) is 58.1 Å². The molecule has 0 aliphatic carbocycles. The zero-order chi connectivity index (χ0) is 24.1. The van der Waals surface area contributed by atoms with Crippen LogP contribution in [0.15, 0.2) is 18.2 Å². The minimum absolute atomic E-state index is 0.0597. The van der Waals surface area contributed by atoms with E-state index in [9.17, 15) is 4.79 Å². The Hall–Kier alpha value is -2.16. The average molecular weight is 458 g/mol. The fourth-order valence-corrected chi connectivity index (χ4v) is 3.39. The number of rotatable bonds is 4. The SMILES string of the molecule is CC(=O)O.CC(=O)O.Cc1c(Cl)cccc1CNC(=O)[C@@H]1CC[C@H](N(C)C)CN(C)C1. The average Bonchev–Trinajstić information content (AvgIpc) is 2.83. The maximum absolute atomic E-state index is 12.6. The Labute approximate surface area is 190 Å². The second-order valence-electron chi connectivity index (χ2n) is 7.89. The molecule has 1 aromatic rings. The first-order valence-electron chi connectivity index (χ1n) is 10.1. The van der Waals surface area contributed by atoms with Gasteiger partial charge in [-0.25, -0.2) is 0 Å². The van der Waals surface area contributed by atoms with Gasteiger partial charge in [0.25, 0.3) is 11.9 Å². The summed E-state index contributed by atoms with van der Waals surface area (Å²) >= 11 is 6.14. The van der Waals surface area contributed by atoms with Crippen LogP contribution in [0.4, 0.5) is 0 Å². The predicted octanol–water partition coefficient (Wildman–Crippen LogP) is 2.72. The van der Waals surface area contributed by atoms with Gasteiger partial charge in [0.1, 0.15) is 0 Å². The lowest BCUT2D eigenvalue weighted by Gasteiger charge is -2.25. The fraction of sp³-hybridized carbons (Fsp3) is 0.591. The molecule has 3 N–H and O–H groups in total. The van der Waals surface area contributed by atoms with Crippen molar-refractivity contribution in [2.24, 2.45) is 5.92 Å². The Balaban J connectivity index is 0.000000967. The Morgan fingerprint density at radius 2 is 1.68 bits per heavy atom. The quantitative estimate of drug-likeness (QED) is 0.637. The van der Waals surface area contributed by atoms with Crippen molar-refractivity contribution in [2.45, 2.75) is 46.2 Å². The molecule has 176 valence electrons. The summed E-state index contributed by atoms with van der Waals surface area (Å²) in [5.74, 6) is -1.46. The zero-order valence-corrected chi connectivity index (χ0v) is 20.1. The summed E-state index contributed by atoms with van der Waals surface area (Å²) in [7, 11) is 6.32. The van der Waals surface area contributed by atoms with Crippen LogP contribution in [0.25, 0.3) is 0 Å². The number of benzene rings is 1. The highest BCUT2D eigenvalue weighted by Crippen LogP contribution is 2.20. The summed E-state index contributed by atoms with van der Waals surface area (Å²) in [6, 6.07) is 6.35. The third kappa shape index (κ3) is 13.0. The van der Waals surface area contributed by atoms with E-state index in [0.29, 0.717) is 12.6 Å². The van der Waals surface area contributed by atoms with E-state index in [1.54, 1.807) is 0 Å². The summed E-state index contributed by atoms with van der Waals surface area (Å²) in [4.78, 5) is 35.1. The van der Waals surface area contributed by atoms with E-state index in [-0.39, 0.29) is 11.8 Å². The molecule has 31 heavy (non-hydrogen) atoms. The van der Waals surface area contributed by atoms with Crippen molar-refractivity contribution >= 4 is 29.4 Å². The number of nitrogens with zero attached hydrogens (tertiary/aromatic N) is 2. The van der Waals surface area contributed by atoms with Crippen LogP contribution < -0.4 is 5.32 Å². The molecule has 8 nitrogen and oxygen atoms in total. The topological polar surface area (TPSA) is 110 Å². The number of likely N-dealkylation sites (N-methyl/N-ethyl adjacent to an activating group) is 2. The van der Waals surface area contributed by atoms with Crippen LogP contribution in [0.5, 0.6) is 0 Å². The first-order valence-corrected chi connectivity index (χ1v) is 10.5. The van der Waals surface area contributed by atoms with E-state index < -0.39 is 11.9 Å². The normalized spacial score (nSPS) is 18.6. The molecule has 2 atom stereocenters. The zero-order valence-electron chi connectivity index (χ0n) is 19.3. The predicted molar refractivity (Wildman–Crippen MR) is 122 cm³/mol. The van der Waals surface area contributed by atoms with Crippen molar-refractivity contribution in [1.29, 1.82) is 0 Å². The van der Waals surface area contributed by atoms with E-state index in [1.165, 1.54) is 0 Å². The molecule has 1 amide bonds. The molecule has 0 unspecified atom stereocenters. The van der Waals surface area contributed by atoms with Crippen LogP contribution in [-0.2, 0) is 20.9 Å². The van der Waals surface area contributed by atoms with E-state index in [4.69, 9.17) is 31.4 Å². The Morgan fingerprint density at radius 3 is 2.19 bits per heavy atom. The summed E-state index contributed by atoms with van der Waals surface area (Å²) < 4.78 is 0. The third-order valence-corrected chi connectivity index (χ3v) is 5.25. The van der Waals surface area contributed by atoms with Gasteiger partial charge in [-0.3, -0.25) is 14.4 Å². The first kappa shape index (κ1) is 28.8. The summed E-state index contributed by atoms with van der Waals surface area (Å²) in [6.45, 7) is 6.54. The van der Waals surface area contributed by atoms with Crippen LogP contribution >= 0.6 is 11.6 Å². The van der Waals surface area contributed by atoms with Gasteiger partial charge in [0.15, 0.2) is 0 Å². The van der Waals surface area contributed by atoms with Gasteiger partial charge >= 0.3 is 0 Å². The van der Waals surface area contributed by atoms with Gasteiger partial charge in [-0.15, -0.1) is 0 Å². The number of likely N-dealkylation sites (tertiary alicyclic amines) is 1. The minimum Gasteiger partial charge on any atom is -0.481 e. The fourth-order valence-electron chi connectivity index (χ4n) is 3.19. The minimum atomic E-state index is -0.833. The molecular weight excluding hydrogens is 422 g/mol. The molecule has 1 aliphatic heterocycles. The second kappa shape index (κ2) is 14.8. The Bertz CT molecular complexity index is 707. The highest BCUT2D eigenvalue weighted by atomic mass is 35.5. The van der Waals surface area contributed by atoms with Crippen LogP contribution in [0, 0.1) is 12.8 Å². The molecule has 0 radical (unpaired) electrons. The number of amides is 1. The van der Waals surface area contributed by atoms with Crippen molar-refractivity contribution in [3.05, 3.63) is 34.3 Å². The number of carboxylic acid groups (broad SMARTS) is 2. The molecule has 1 aliphatic rings. The van der Waals surface area contributed by atoms with Crippen molar-refractivity contribution in [3.8, 4) is 0 Å². The van der Waals surface area contributed by atoms with Gasteiger partial charge < -0.3 is 25.3 Å². The summed E-state index contributed by atoms with van der Waals surface area (Å²) in [5.41, 5.74) is 2.12. The lowest BCUT2D eigenvalue weighted by atomic mass is 10.0. The van der Waals surface area contributed by atoms with Crippen LogP contribution in [0.2, 0.25) is 5.02 Å². The van der Waals surface area contributed by atoms with Gasteiger partial charge in [-0.2, -0.15) is 0 Å². The maximum Gasteiger partial charge on any atom is 0.300 e. The van der Waals surface area contributed by atoms with E-state index in [2.05, 4.69) is 36.3 Å². The lowest BCUT2D eigenvalue weighted by molar-refractivity contribution is -0.135. The molecular formula is C22H36ClN3O5. The standard InChI is InChI=1S/C18H28ClN3O.2C2H4O2/c1-13-14(6-5-7-17(13)19)10-20-18(23)15-8-9-16(21(2)3)12-22(4)11-15;2*1-2(3)4/h5-7,15-16H,8-12H2,1-4H3,(H,20,23);2*1H3,(H,3,4)/t15-,16+;;/m1../s1. The van der Waals surface area contributed by atoms with Crippen LogP contribution in [-0.4, -0.2) is 78.1 Å². The molecule has 0 bridgehead atoms. The van der Waals surface area contributed by atoms with Crippen molar-refractivity contribution in [1.82, 2.24) is 15.1 Å². The monoisotopic (exact) mass is 457 g/mol. The Kier molecular flexibility index (Phi) is 13.7. The van der Waals surface area contributed by atoms with E-state index >= 15 is 0 Å². The number of aliphatic carboxylic acids is 2.